The second kappa shape index (κ2) is 6.95. The number of nitrogens with two attached hydrogens (primary N) is 1. The van der Waals surface area contributed by atoms with Gasteiger partial charge in [0.25, 0.3) is 20.2 Å². The summed E-state index contributed by atoms with van der Waals surface area (Å²) in [6.45, 7) is 1.73. The Bertz CT molecular complexity index is 1330. The van der Waals surface area contributed by atoms with Crippen molar-refractivity contribution in [2.75, 3.05) is 5.73 Å². The summed E-state index contributed by atoms with van der Waals surface area (Å²) in [5.41, 5.74) is 6.97. The van der Waals surface area contributed by atoms with Crippen molar-refractivity contribution in [1.82, 2.24) is 0 Å². The third-order valence-electron chi connectivity index (χ3n) is 3.96. The predicted molar refractivity (Wildman–Crippen MR) is 103 cm³/mol. The minimum absolute atomic E-state index is 0.0281. The van der Waals surface area contributed by atoms with Gasteiger partial charge in [0, 0.05) is 11.1 Å². The fourth-order valence-electron chi connectivity index (χ4n) is 2.67. The molecule has 0 spiro atoms. The van der Waals surface area contributed by atoms with Crippen LogP contribution in [0.1, 0.15) is 5.56 Å². The van der Waals surface area contributed by atoms with E-state index in [1.54, 1.807) is 25.1 Å². The number of nitrogens with zero attached hydrogens (tertiary/aromatic N) is 2. The molecule has 3 aromatic rings. The molecule has 0 radical (unpaired) electrons. The average Bonchev–Trinajstić information content (AvgIpc) is 2.58. The molecule has 28 heavy (non-hydrogen) atoms. The second-order valence-electron chi connectivity index (χ2n) is 5.99. The van der Waals surface area contributed by atoms with Crippen molar-refractivity contribution in [3.63, 3.8) is 0 Å². The molecule has 0 aliphatic carbocycles. The zero-order valence-corrected chi connectivity index (χ0v) is 16.1. The van der Waals surface area contributed by atoms with Gasteiger partial charge in [0.05, 0.1) is 5.69 Å². The number of anilines is 1. The summed E-state index contributed by atoms with van der Waals surface area (Å²) in [6, 6.07) is 10.9. The fourth-order valence-corrected chi connectivity index (χ4v) is 4.02. The quantitative estimate of drug-likeness (QED) is 0.329. The Morgan fingerprint density at radius 1 is 0.821 bits per heavy atom. The number of azo groups is 1. The normalized spacial score (nSPS) is 12.7. The minimum Gasteiger partial charge on any atom is -0.399 e. The van der Waals surface area contributed by atoms with Gasteiger partial charge in [-0.2, -0.15) is 21.9 Å². The van der Waals surface area contributed by atoms with E-state index >= 15 is 0 Å². The Morgan fingerprint density at radius 2 is 1.46 bits per heavy atom. The van der Waals surface area contributed by atoms with Gasteiger partial charge in [0.2, 0.25) is 0 Å². The van der Waals surface area contributed by atoms with Gasteiger partial charge in [-0.1, -0.05) is 12.1 Å². The number of nitrogen functional groups attached to an aromatic ring is 1. The molecule has 0 aliphatic heterocycles. The Morgan fingerprint density at radius 3 is 2.07 bits per heavy atom. The standard InChI is InChI=1S/C17H15N3O6S2/c1-10-7-12(18)5-6-14(10)19-20-15-9-13-11(8-17(15)28(24,25)26)3-2-4-16(13)27(21,22)23/h2-9H,18H2,1H3,(H,21,22,23)(H,24,25,26). The summed E-state index contributed by atoms with van der Waals surface area (Å²) in [5, 5.41) is 8.05. The van der Waals surface area contributed by atoms with Gasteiger partial charge in [-0.05, 0) is 54.3 Å². The van der Waals surface area contributed by atoms with E-state index in [-0.39, 0.29) is 16.5 Å². The molecule has 0 unspecified atom stereocenters. The molecular formula is C17H15N3O6S2. The molecule has 0 aliphatic rings. The first-order chi connectivity index (χ1) is 13.0. The maximum absolute atomic E-state index is 11.8. The van der Waals surface area contributed by atoms with Gasteiger partial charge in [-0.25, -0.2) is 0 Å². The third-order valence-corrected chi connectivity index (χ3v) is 5.76. The van der Waals surface area contributed by atoms with Crippen LogP contribution < -0.4 is 5.73 Å². The summed E-state index contributed by atoms with van der Waals surface area (Å²) in [5.74, 6) is 0. The van der Waals surface area contributed by atoms with E-state index in [1.807, 2.05) is 0 Å². The van der Waals surface area contributed by atoms with E-state index in [1.165, 1.54) is 12.1 Å². The van der Waals surface area contributed by atoms with E-state index in [2.05, 4.69) is 10.2 Å². The van der Waals surface area contributed by atoms with Crippen molar-refractivity contribution in [2.24, 2.45) is 10.2 Å². The van der Waals surface area contributed by atoms with Crippen LogP contribution in [0.25, 0.3) is 10.8 Å². The zero-order valence-electron chi connectivity index (χ0n) is 14.4. The number of hydrogen-bond donors (Lipinski definition) is 3. The smallest absolute Gasteiger partial charge is 0.296 e. The zero-order chi connectivity index (χ0) is 20.7. The maximum atomic E-state index is 11.8. The van der Waals surface area contributed by atoms with Crippen molar-refractivity contribution in [2.45, 2.75) is 16.7 Å². The highest BCUT2D eigenvalue weighted by Gasteiger charge is 2.21. The highest BCUT2D eigenvalue weighted by Crippen LogP contribution is 2.34. The van der Waals surface area contributed by atoms with Gasteiger partial charge in [-0.3, -0.25) is 9.11 Å². The first kappa shape index (κ1) is 19.9. The molecule has 0 aromatic heterocycles. The van der Waals surface area contributed by atoms with Crippen molar-refractivity contribution in [3.8, 4) is 0 Å². The molecule has 0 saturated carbocycles. The van der Waals surface area contributed by atoms with Crippen LogP contribution in [0.15, 0.2) is 68.6 Å². The highest BCUT2D eigenvalue weighted by atomic mass is 32.2. The Hall–Kier alpha value is -2.86. The van der Waals surface area contributed by atoms with Crippen LogP contribution in [0.4, 0.5) is 17.1 Å². The molecule has 146 valence electrons. The van der Waals surface area contributed by atoms with E-state index in [0.29, 0.717) is 16.9 Å². The molecule has 0 atom stereocenters. The summed E-state index contributed by atoms with van der Waals surface area (Å²) in [7, 11) is -9.25. The maximum Gasteiger partial charge on any atom is 0.296 e. The van der Waals surface area contributed by atoms with Crippen molar-refractivity contribution < 1.29 is 25.9 Å². The van der Waals surface area contributed by atoms with E-state index in [4.69, 9.17) is 5.73 Å². The summed E-state index contributed by atoms with van der Waals surface area (Å²) in [6.07, 6.45) is 0. The van der Waals surface area contributed by atoms with E-state index in [0.717, 1.165) is 18.2 Å². The summed E-state index contributed by atoms with van der Waals surface area (Å²) in [4.78, 5) is -0.976. The Balaban J connectivity index is 2.28. The van der Waals surface area contributed by atoms with Crippen LogP contribution in [0.2, 0.25) is 0 Å². The highest BCUT2D eigenvalue weighted by molar-refractivity contribution is 7.86. The van der Waals surface area contributed by atoms with Crippen molar-refractivity contribution in [1.29, 1.82) is 0 Å². The van der Waals surface area contributed by atoms with Crippen LogP contribution in [-0.2, 0) is 20.2 Å². The van der Waals surface area contributed by atoms with Gasteiger partial charge < -0.3 is 5.73 Å². The summed E-state index contributed by atoms with van der Waals surface area (Å²) < 4.78 is 65.7. The number of rotatable bonds is 4. The molecule has 0 amide bonds. The average molecular weight is 421 g/mol. The fraction of sp³-hybridized carbons (Fsp3) is 0.0588. The van der Waals surface area contributed by atoms with Gasteiger partial charge in [-0.15, -0.1) is 5.11 Å². The lowest BCUT2D eigenvalue weighted by atomic mass is 10.1. The van der Waals surface area contributed by atoms with Gasteiger partial charge >= 0.3 is 0 Å². The predicted octanol–water partition coefficient (Wildman–Crippen LogP) is 3.64. The lowest BCUT2D eigenvalue weighted by Gasteiger charge is -2.08. The third kappa shape index (κ3) is 4.02. The first-order valence-electron chi connectivity index (χ1n) is 7.76. The molecule has 4 N–H and O–H groups in total. The molecule has 0 saturated heterocycles. The van der Waals surface area contributed by atoms with Crippen LogP contribution in [0, 0.1) is 6.92 Å². The SMILES string of the molecule is Cc1cc(N)ccc1N=Nc1cc2c(S(=O)(=O)O)cccc2cc1S(=O)(=O)O. The number of aryl methyl sites for hydroxylation is 1. The monoisotopic (exact) mass is 421 g/mol. The number of fused-ring (bicyclic) bond motifs is 1. The first-order valence-corrected chi connectivity index (χ1v) is 10.6. The van der Waals surface area contributed by atoms with Crippen LogP contribution in [0.5, 0.6) is 0 Å². The largest absolute Gasteiger partial charge is 0.399 e. The Kier molecular flexibility index (Phi) is 4.93. The van der Waals surface area contributed by atoms with Gasteiger partial charge in [0.1, 0.15) is 15.5 Å². The number of hydrogen-bond acceptors (Lipinski definition) is 7. The van der Waals surface area contributed by atoms with Crippen molar-refractivity contribution in [3.05, 3.63) is 54.1 Å². The van der Waals surface area contributed by atoms with Crippen LogP contribution >= 0.6 is 0 Å². The van der Waals surface area contributed by atoms with E-state index < -0.39 is 30.0 Å². The lowest BCUT2D eigenvalue weighted by molar-refractivity contribution is 0.482. The molecule has 3 rings (SSSR count). The van der Waals surface area contributed by atoms with Crippen molar-refractivity contribution >= 4 is 48.1 Å². The lowest BCUT2D eigenvalue weighted by Crippen LogP contribution is -2.01. The molecule has 0 fully saturated rings. The minimum atomic E-state index is -4.68. The topological polar surface area (TPSA) is 159 Å². The molecular weight excluding hydrogens is 406 g/mol. The van der Waals surface area contributed by atoms with Gasteiger partial charge in [0.15, 0.2) is 0 Å². The van der Waals surface area contributed by atoms with E-state index in [9.17, 15) is 25.9 Å². The Labute approximate surface area is 161 Å². The van der Waals surface area contributed by atoms with Crippen LogP contribution in [-0.4, -0.2) is 25.9 Å². The second-order valence-corrected chi connectivity index (χ2v) is 8.77. The molecule has 11 heteroatoms. The molecule has 3 aromatic carbocycles. The molecule has 9 nitrogen and oxygen atoms in total. The molecule has 0 bridgehead atoms. The van der Waals surface area contributed by atoms with Crippen LogP contribution in [0.3, 0.4) is 0 Å². The summed E-state index contributed by atoms with van der Waals surface area (Å²) >= 11 is 0. The molecule has 0 heterocycles. The number of benzene rings is 3.